The van der Waals surface area contributed by atoms with E-state index in [9.17, 15) is 24.0 Å². The number of benzene rings is 4. The zero-order valence-corrected chi connectivity index (χ0v) is 29.0. The number of para-hydroxylation sites is 1. The maximum atomic E-state index is 13.9. The standard InChI is InChI=1S/C41H45N5O6/c47-37-28-35(40(50)42-23-12-20-29-14-4-1-5-15-29)45-38(48)32-21-10-11-22-36(32)52-25-13-24-43-39(49)33(26-30-16-6-2-7-17-30)46-41(51)34(44-37)27-31-18-8-3-9-19-31/h1-11,14-19,21-22,33-35H,12-13,20,23-28H2,(H,42,50)(H,43,49)(H,44,47)(H,45,48)(H,46,51)/t33-,34-,35-/m0/s1. The van der Waals surface area contributed by atoms with E-state index in [1.54, 1.807) is 24.3 Å². The van der Waals surface area contributed by atoms with Gasteiger partial charge in [0.05, 0.1) is 18.6 Å². The Kier molecular flexibility index (Phi) is 13.9. The molecule has 0 saturated carbocycles. The van der Waals surface area contributed by atoms with Gasteiger partial charge in [-0.05, 0) is 48.1 Å². The third-order valence-electron chi connectivity index (χ3n) is 8.66. The van der Waals surface area contributed by atoms with Crippen molar-refractivity contribution < 1.29 is 28.7 Å². The number of nitrogens with one attached hydrogen (secondary N) is 5. The first-order chi connectivity index (χ1) is 25.4. The van der Waals surface area contributed by atoms with E-state index in [1.807, 2.05) is 91.0 Å². The van der Waals surface area contributed by atoms with Gasteiger partial charge in [-0.2, -0.15) is 0 Å². The maximum Gasteiger partial charge on any atom is 0.255 e. The van der Waals surface area contributed by atoms with Crippen LogP contribution in [-0.2, 0) is 38.4 Å². The van der Waals surface area contributed by atoms with Crippen LogP contribution in [0.1, 0.15) is 46.3 Å². The van der Waals surface area contributed by atoms with E-state index in [4.69, 9.17) is 4.74 Å². The molecule has 11 heteroatoms. The van der Waals surface area contributed by atoms with E-state index < -0.39 is 48.2 Å². The molecule has 11 nitrogen and oxygen atoms in total. The van der Waals surface area contributed by atoms with Gasteiger partial charge in [0.1, 0.15) is 23.9 Å². The van der Waals surface area contributed by atoms with Crippen molar-refractivity contribution in [3.05, 3.63) is 138 Å². The first-order valence-electron chi connectivity index (χ1n) is 17.7. The molecule has 0 unspecified atom stereocenters. The largest absolute Gasteiger partial charge is 0.493 e. The molecule has 4 aromatic rings. The second kappa shape index (κ2) is 19.4. The molecule has 270 valence electrons. The van der Waals surface area contributed by atoms with Crippen molar-refractivity contribution in [1.29, 1.82) is 0 Å². The van der Waals surface area contributed by atoms with Gasteiger partial charge >= 0.3 is 0 Å². The topological polar surface area (TPSA) is 155 Å². The fourth-order valence-electron chi connectivity index (χ4n) is 5.92. The number of rotatable bonds is 9. The number of hydrogen-bond donors (Lipinski definition) is 5. The van der Waals surface area contributed by atoms with E-state index in [0.717, 1.165) is 23.1 Å². The van der Waals surface area contributed by atoms with Crippen LogP contribution >= 0.6 is 0 Å². The minimum Gasteiger partial charge on any atom is -0.493 e. The SMILES string of the molecule is O=C1C[C@@H](C(=O)NCCCc2ccccc2)NC(=O)c2ccccc2OCCCNC(=O)[C@H](Cc2ccccc2)NC(=O)[C@H](Cc2ccccc2)N1. The molecule has 4 aromatic carbocycles. The first-order valence-corrected chi connectivity index (χ1v) is 17.7. The second-order valence-electron chi connectivity index (χ2n) is 12.7. The van der Waals surface area contributed by atoms with E-state index in [-0.39, 0.29) is 37.5 Å². The van der Waals surface area contributed by atoms with Gasteiger partial charge in [0.25, 0.3) is 5.91 Å². The average molecular weight is 704 g/mol. The van der Waals surface area contributed by atoms with Gasteiger partial charge in [-0.1, -0.05) is 103 Å². The summed E-state index contributed by atoms with van der Waals surface area (Å²) in [6.45, 7) is 0.767. The zero-order valence-electron chi connectivity index (χ0n) is 29.0. The molecule has 5 N–H and O–H groups in total. The lowest BCUT2D eigenvalue weighted by molar-refractivity contribution is -0.133. The quantitative estimate of drug-likeness (QED) is 0.169. The van der Waals surface area contributed by atoms with Crippen molar-refractivity contribution in [2.24, 2.45) is 0 Å². The van der Waals surface area contributed by atoms with Crippen LogP contribution in [0.5, 0.6) is 5.75 Å². The van der Waals surface area contributed by atoms with Crippen LogP contribution < -0.4 is 31.3 Å². The molecule has 0 bridgehead atoms. The molecule has 1 aliphatic heterocycles. The molecule has 52 heavy (non-hydrogen) atoms. The molecule has 1 aliphatic rings. The van der Waals surface area contributed by atoms with E-state index in [1.165, 1.54) is 0 Å². The Morgan fingerprint density at radius 2 is 1.25 bits per heavy atom. The van der Waals surface area contributed by atoms with Crippen molar-refractivity contribution in [1.82, 2.24) is 26.6 Å². The van der Waals surface area contributed by atoms with Crippen molar-refractivity contribution in [3.63, 3.8) is 0 Å². The number of hydrogen-bond acceptors (Lipinski definition) is 6. The van der Waals surface area contributed by atoms with Crippen molar-refractivity contribution in [3.8, 4) is 5.75 Å². The van der Waals surface area contributed by atoms with Crippen LogP contribution in [-0.4, -0.2) is 67.4 Å². The van der Waals surface area contributed by atoms with Crippen LogP contribution in [0, 0.1) is 0 Å². The minimum atomic E-state index is -1.26. The van der Waals surface area contributed by atoms with Crippen LogP contribution in [0.15, 0.2) is 115 Å². The number of ether oxygens (including phenoxy) is 1. The van der Waals surface area contributed by atoms with E-state index in [2.05, 4.69) is 26.6 Å². The molecule has 1 heterocycles. The third kappa shape index (κ3) is 11.5. The van der Waals surface area contributed by atoms with Crippen LogP contribution in [0.2, 0.25) is 0 Å². The molecule has 0 aromatic heterocycles. The Morgan fingerprint density at radius 3 is 1.90 bits per heavy atom. The average Bonchev–Trinajstić information content (AvgIpc) is 3.16. The summed E-state index contributed by atoms with van der Waals surface area (Å²) >= 11 is 0. The molecule has 5 rings (SSSR count). The molecule has 0 aliphatic carbocycles. The highest BCUT2D eigenvalue weighted by Crippen LogP contribution is 2.19. The Labute approximate surface area is 303 Å². The van der Waals surface area contributed by atoms with Gasteiger partial charge in [0, 0.05) is 25.9 Å². The summed E-state index contributed by atoms with van der Waals surface area (Å²) in [4.78, 5) is 68.3. The normalized spacial score (nSPS) is 18.9. The van der Waals surface area contributed by atoms with Gasteiger partial charge < -0.3 is 31.3 Å². The predicted octanol–water partition coefficient (Wildman–Crippen LogP) is 3.28. The number of carbonyl (C=O) groups is 5. The van der Waals surface area contributed by atoms with E-state index >= 15 is 0 Å². The van der Waals surface area contributed by atoms with Crippen molar-refractivity contribution in [2.75, 3.05) is 19.7 Å². The minimum absolute atomic E-state index is 0.130. The fourth-order valence-corrected chi connectivity index (χ4v) is 5.92. The van der Waals surface area contributed by atoms with Gasteiger partial charge in [-0.25, -0.2) is 0 Å². The zero-order chi connectivity index (χ0) is 36.5. The summed E-state index contributed by atoms with van der Waals surface area (Å²) in [6, 6.07) is 31.8. The smallest absolute Gasteiger partial charge is 0.255 e. The third-order valence-corrected chi connectivity index (χ3v) is 8.66. The summed E-state index contributed by atoms with van der Waals surface area (Å²) < 4.78 is 5.93. The van der Waals surface area contributed by atoms with Crippen LogP contribution in [0.25, 0.3) is 0 Å². The molecule has 0 fully saturated rings. The maximum absolute atomic E-state index is 13.9. The summed E-state index contributed by atoms with van der Waals surface area (Å²) in [6.07, 6.45) is 1.73. The van der Waals surface area contributed by atoms with E-state index in [0.29, 0.717) is 25.1 Å². The summed E-state index contributed by atoms with van der Waals surface area (Å²) in [5.74, 6) is -2.39. The Morgan fingerprint density at radius 1 is 0.673 bits per heavy atom. The molecule has 0 saturated heterocycles. The van der Waals surface area contributed by atoms with Crippen LogP contribution in [0.3, 0.4) is 0 Å². The Balaban J connectivity index is 1.39. The number of carbonyl (C=O) groups excluding carboxylic acids is 5. The van der Waals surface area contributed by atoms with Gasteiger partial charge in [-0.15, -0.1) is 0 Å². The van der Waals surface area contributed by atoms with Gasteiger partial charge in [0.15, 0.2) is 0 Å². The molecular formula is C41H45N5O6. The first kappa shape index (κ1) is 37.3. The van der Waals surface area contributed by atoms with Crippen LogP contribution in [0.4, 0.5) is 0 Å². The monoisotopic (exact) mass is 703 g/mol. The van der Waals surface area contributed by atoms with Gasteiger partial charge in [0.2, 0.25) is 23.6 Å². The highest BCUT2D eigenvalue weighted by Gasteiger charge is 2.30. The molecule has 3 atom stereocenters. The fraction of sp³-hybridized carbons (Fsp3) is 0.293. The lowest BCUT2D eigenvalue weighted by Crippen LogP contribution is -2.56. The Bertz CT molecular complexity index is 1790. The molecule has 0 spiro atoms. The number of aryl methyl sites for hydroxylation is 1. The van der Waals surface area contributed by atoms with Crippen molar-refractivity contribution in [2.45, 2.75) is 56.7 Å². The van der Waals surface area contributed by atoms with Gasteiger partial charge in [-0.3, -0.25) is 24.0 Å². The lowest BCUT2D eigenvalue weighted by atomic mass is 10.0. The highest BCUT2D eigenvalue weighted by molar-refractivity contribution is 6.01. The molecule has 5 amide bonds. The molecule has 0 radical (unpaired) electrons. The lowest BCUT2D eigenvalue weighted by Gasteiger charge is -2.25. The number of amides is 5. The molecular weight excluding hydrogens is 658 g/mol. The summed E-state index contributed by atoms with van der Waals surface area (Å²) in [5, 5.41) is 14.1. The predicted molar refractivity (Wildman–Crippen MR) is 197 cm³/mol. The second-order valence-corrected chi connectivity index (χ2v) is 12.7. The Hall–Kier alpha value is -5.97. The van der Waals surface area contributed by atoms with Crippen molar-refractivity contribution >= 4 is 29.5 Å². The summed E-state index contributed by atoms with van der Waals surface area (Å²) in [7, 11) is 0. The summed E-state index contributed by atoms with van der Waals surface area (Å²) in [5.41, 5.74) is 2.96. The highest BCUT2D eigenvalue weighted by atomic mass is 16.5. The number of fused-ring (bicyclic) bond motifs is 1.